The number of hydrogen-bond acceptors (Lipinski definition) is 1. The second-order valence-electron chi connectivity index (χ2n) is 4.95. The Labute approximate surface area is 102 Å². The Hall–Kier alpha value is -1.63. The molecule has 0 unspecified atom stereocenters. The van der Waals surface area contributed by atoms with Crippen molar-refractivity contribution in [2.24, 2.45) is 0 Å². The third-order valence-electron chi connectivity index (χ3n) is 3.73. The average molecular weight is 223 g/mol. The zero-order valence-electron chi connectivity index (χ0n) is 10.0. The fraction of sp³-hybridized carbons (Fsp3) is 0.312. The summed E-state index contributed by atoms with van der Waals surface area (Å²) in [7, 11) is 0. The molecule has 0 bridgehead atoms. The van der Waals surface area contributed by atoms with E-state index in [4.69, 9.17) is 4.98 Å². The lowest BCUT2D eigenvalue weighted by Crippen LogP contribution is -2.07. The van der Waals surface area contributed by atoms with Crippen LogP contribution in [0.4, 0.5) is 0 Å². The van der Waals surface area contributed by atoms with Gasteiger partial charge in [-0.25, -0.2) is 0 Å². The van der Waals surface area contributed by atoms with E-state index in [2.05, 4.69) is 43.0 Å². The molecule has 1 nitrogen and oxygen atoms in total. The van der Waals surface area contributed by atoms with E-state index in [1.54, 1.807) is 0 Å². The number of benzene rings is 1. The van der Waals surface area contributed by atoms with Crippen LogP contribution in [0.25, 0.3) is 10.9 Å². The predicted molar refractivity (Wildman–Crippen MR) is 72.1 cm³/mol. The van der Waals surface area contributed by atoms with Gasteiger partial charge in [0.2, 0.25) is 0 Å². The van der Waals surface area contributed by atoms with Gasteiger partial charge in [-0.2, -0.15) is 0 Å². The zero-order valence-corrected chi connectivity index (χ0v) is 10.0. The predicted octanol–water partition coefficient (Wildman–Crippen LogP) is 4.45. The lowest BCUT2D eigenvalue weighted by molar-refractivity contribution is 0.509. The number of fused-ring (bicyclic) bond motifs is 1. The first kappa shape index (κ1) is 10.5. The molecule has 17 heavy (non-hydrogen) atoms. The van der Waals surface area contributed by atoms with Gasteiger partial charge < -0.3 is 0 Å². The van der Waals surface area contributed by atoms with Crippen molar-refractivity contribution < 1.29 is 0 Å². The number of allylic oxidation sites excluding steroid dienone is 1. The van der Waals surface area contributed by atoms with E-state index < -0.39 is 0 Å². The van der Waals surface area contributed by atoms with Crippen molar-refractivity contribution in [3.8, 4) is 0 Å². The summed E-state index contributed by atoms with van der Waals surface area (Å²) in [6.07, 6.45) is 4.76. The maximum atomic E-state index is 4.79. The van der Waals surface area contributed by atoms with E-state index in [0.29, 0.717) is 5.92 Å². The van der Waals surface area contributed by atoms with Crippen molar-refractivity contribution in [3.63, 3.8) is 0 Å². The number of aromatic nitrogens is 1. The first-order valence-corrected chi connectivity index (χ1v) is 6.35. The normalized spacial score (nSPS) is 17.5. The van der Waals surface area contributed by atoms with E-state index in [-0.39, 0.29) is 0 Å². The van der Waals surface area contributed by atoms with E-state index in [1.165, 1.54) is 42.3 Å². The summed E-state index contributed by atoms with van der Waals surface area (Å²) in [5.74, 6) is 0.630. The van der Waals surface area contributed by atoms with Crippen LogP contribution in [0.2, 0.25) is 0 Å². The van der Waals surface area contributed by atoms with Crippen LogP contribution >= 0.6 is 0 Å². The van der Waals surface area contributed by atoms with Crippen LogP contribution < -0.4 is 0 Å². The number of rotatable bonds is 1. The van der Waals surface area contributed by atoms with Crippen molar-refractivity contribution in [1.82, 2.24) is 4.98 Å². The van der Waals surface area contributed by atoms with Crippen molar-refractivity contribution in [2.75, 3.05) is 0 Å². The molecule has 1 aromatic heterocycles. The summed E-state index contributed by atoms with van der Waals surface area (Å²) >= 11 is 0. The monoisotopic (exact) mass is 223 g/mol. The van der Waals surface area contributed by atoms with Crippen molar-refractivity contribution in [1.29, 1.82) is 0 Å². The highest BCUT2D eigenvalue weighted by atomic mass is 14.7. The summed E-state index contributed by atoms with van der Waals surface area (Å²) in [6.45, 7) is 4.07. The number of hydrogen-bond donors (Lipinski definition) is 0. The molecular formula is C16H17N. The molecule has 0 saturated heterocycles. The Bertz CT molecular complexity index is 546. The van der Waals surface area contributed by atoms with Gasteiger partial charge in [-0.3, -0.25) is 4.98 Å². The zero-order chi connectivity index (χ0) is 11.7. The highest BCUT2D eigenvalue weighted by Gasteiger charge is 2.18. The van der Waals surface area contributed by atoms with Crippen LogP contribution in [-0.2, 0) is 0 Å². The fourth-order valence-corrected chi connectivity index (χ4v) is 2.63. The first-order valence-electron chi connectivity index (χ1n) is 6.35. The third kappa shape index (κ3) is 2.10. The lowest BCUT2D eigenvalue weighted by atomic mass is 9.84. The molecule has 0 radical (unpaired) electrons. The van der Waals surface area contributed by atoms with Gasteiger partial charge in [0.25, 0.3) is 0 Å². The molecule has 2 aromatic rings. The minimum atomic E-state index is 0.630. The average Bonchev–Trinajstić information content (AvgIpc) is 2.39. The quantitative estimate of drug-likeness (QED) is 0.651. The van der Waals surface area contributed by atoms with Crippen molar-refractivity contribution in [3.05, 3.63) is 54.2 Å². The van der Waals surface area contributed by atoms with Crippen LogP contribution in [0.15, 0.2) is 48.6 Å². The summed E-state index contributed by atoms with van der Waals surface area (Å²) < 4.78 is 0. The highest BCUT2D eigenvalue weighted by Crippen LogP contribution is 2.34. The van der Waals surface area contributed by atoms with E-state index in [1.807, 2.05) is 0 Å². The first-order chi connectivity index (χ1) is 8.33. The standard InChI is InChI=1S/C16H17N/c1-12-6-8-14(9-7-12)16-11-10-13-4-2-3-5-15(13)17-16/h2-5,10-11,14H,1,6-9H2. The fourth-order valence-electron chi connectivity index (χ4n) is 2.63. The summed E-state index contributed by atoms with van der Waals surface area (Å²) in [6, 6.07) is 12.7. The SMILES string of the molecule is C=C1CCC(c2ccc3ccccc3n2)CC1. The molecule has 0 atom stereocenters. The molecule has 3 rings (SSSR count). The number of para-hydroxylation sites is 1. The Kier molecular flexibility index (Phi) is 2.68. The molecule has 1 aliphatic carbocycles. The largest absolute Gasteiger partial charge is 0.253 e. The van der Waals surface area contributed by atoms with E-state index >= 15 is 0 Å². The Morgan fingerprint density at radius 3 is 2.59 bits per heavy atom. The van der Waals surface area contributed by atoms with Gasteiger partial charge in [0.15, 0.2) is 0 Å². The topological polar surface area (TPSA) is 12.9 Å². The van der Waals surface area contributed by atoms with Gasteiger partial charge in [-0.15, -0.1) is 0 Å². The minimum Gasteiger partial charge on any atom is -0.253 e. The molecule has 0 spiro atoms. The van der Waals surface area contributed by atoms with E-state index in [9.17, 15) is 0 Å². The van der Waals surface area contributed by atoms with Gasteiger partial charge in [0.05, 0.1) is 5.52 Å². The van der Waals surface area contributed by atoms with Crippen molar-refractivity contribution >= 4 is 10.9 Å². The lowest BCUT2D eigenvalue weighted by Gasteiger charge is -2.22. The molecule has 1 heteroatoms. The molecule has 0 aliphatic heterocycles. The molecule has 1 aromatic carbocycles. The van der Waals surface area contributed by atoms with Gasteiger partial charge in [0.1, 0.15) is 0 Å². The van der Waals surface area contributed by atoms with Crippen LogP contribution in [0.3, 0.4) is 0 Å². The maximum Gasteiger partial charge on any atom is 0.0705 e. The van der Waals surface area contributed by atoms with Crippen LogP contribution in [0.1, 0.15) is 37.3 Å². The van der Waals surface area contributed by atoms with Gasteiger partial charge in [-0.05, 0) is 37.8 Å². The van der Waals surface area contributed by atoms with Crippen LogP contribution in [0, 0.1) is 0 Å². The van der Waals surface area contributed by atoms with E-state index in [0.717, 1.165) is 5.52 Å². The second-order valence-corrected chi connectivity index (χ2v) is 4.95. The summed E-state index contributed by atoms with van der Waals surface area (Å²) in [5, 5.41) is 1.23. The Morgan fingerprint density at radius 2 is 1.76 bits per heavy atom. The van der Waals surface area contributed by atoms with Crippen LogP contribution in [0.5, 0.6) is 0 Å². The third-order valence-corrected chi connectivity index (χ3v) is 3.73. The van der Waals surface area contributed by atoms with Crippen LogP contribution in [-0.4, -0.2) is 4.98 Å². The molecule has 0 N–H and O–H groups in total. The molecule has 1 heterocycles. The van der Waals surface area contributed by atoms with Gasteiger partial charge >= 0.3 is 0 Å². The minimum absolute atomic E-state index is 0.630. The maximum absolute atomic E-state index is 4.79. The van der Waals surface area contributed by atoms with Gasteiger partial charge in [-0.1, -0.05) is 36.4 Å². The molecule has 1 fully saturated rings. The molecule has 86 valence electrons. The molecular weight excluding hydrogens is 206 g/mol. The van der Waals surface area contributed by atoms with Gasteiger partial charge in [0, 0.05) is 17.0 Å². The Morgan fingerprint density at radius 1 is 1.00 bits per heavy atom. The summed E-state index contributed by atoms with van der Waals surface area (Å²) in [4.78, 5) is 4.79. The molecule has 0 amide bonds. The highest BCUT2D eigenvalue weighted by molar-refractivity contribution is 5.78. The smallest absolute Gasteiger partial charge is 0.0705 e. The summed E-state index contributed by atoms with van der Waals surface area (Å²) in [5.41, 5.74) is 3.78. The number of nitrogens with zero attached hydrogens (tertiary/aromatic N) is 1. The van der Waals surface area contributed by atoms with Crippen molar-refractivity contribution in [2.45, 2.75) is 31.6 Å². The number of pyridine rings is 1. The molecule has 1 saturated carbocycles. The second kappa shape index (κ2) is 4.33. The molecule has 1 aliphatic rings. The Balaban J connectivity index is 1.92.